The highest BCUT2D eigenvalue weighted by molar-refractivity contribution is 7.92. The van der Waals surface area contributed by atoms with Crippen LogP contribution in [0, 0.1) is 0 Å². The zero-order chi connectivity index (χ0) is 19.2. The van der Waals surface area contributed by atoms with Crippen molar-refractivity contribution in [3.63, 3.8) is 0 Å². The molecule has 1 aromatic carbocycles. The second-order valence-corrected chi connectivity index (χ2v) is 8.32. The summed E-state index contributed by atoms with van der Waals surface area (Å²) in [4.78, 5) is 23.8. The van der Waals surface area contributed by atoms with Gasteiger partial charge in [-0.15, -0.1) is 0 Å². The monoisotopic (exact) mass is 382 g/mol. The number of nitrogens with zero attached hydrogens (tertiary/aromatic N) is 1. The third kappa shape index (κ3) is 5.45. The normalized spacial score (nSPS) is 13.4. The smallest absolute Gasteiger partial charge is 0.338 e. The number of unbranched alkanes of at least 4 members (excludes halogenated alkanes) is 3. The highest BCUT2D eigenvalue weighted by Crippen LogP contribution is 2.30. The number of carbonyl (C=O) groups excluding carboxylic acids is 2. The second kappa shape index (κ2) is 9.02. The van der Waals surface area contributed by atoms with Crippen molar-refractivity contribution in [3.05, 3.63) is 29.3 Å². The van der Waals surface area contributed by atoms with Crippen molar-refractivity contribution in [1.29, 1.82) is 0 Å². The van der Waals surface area contributed by atoms with Crippen LogP contribution < -0.4 is 9.62 Å². The van der Waals surface area contributed by atoms with E-state index in [1.54, 1.807) is 12.1 Å². The molecule has 144 valence electrons. The maximum atomic E-state index is 12.1. The standard InChI is InChI=1S/C18H26N2O5S/c1-3-4-5-6-10-19-17(21)13-25-18(22)15-7-8-16-14(12-15)9-11-20(16)26(2,23)24/h7-8,12H,3-6,9-11,13H2,1-2H3,(H,19,21). The summed E-state index contributed by atoms with van der Waals surface area (Å²) in [5.74, 6) is -0.911. The van der Waals surface area contributed by atoms with E-state index in [2.05, 4.69) is 12.2 Å². The van der Waals surface area contributed by atoms with Gasteiger partial charge in [-0.2, -0.15) is 0 Å². The Bertz CT molecular complexity index is 761. The highest BCUT2D eigenvalue weighted by Gasteiger charge is 2.27. The van der Waals surface area contributed by atoms with Gasteiger partial charge in [0.1, 0.15) is 0 Å². The number of anilines is 1. The molecule has 7 nitrogen and oxygen atoms in total. The van der Waals surface area contributed by atoms with Gasteiger partial charge in [-0.3, -0.25) is 9.10 Å². The lowest BCUT2D eigenvalue weighted by molar-refractivity contribution is -0.124. The lowest BCUT2D eigenvalue weighted by atomic mass is 10.1. The molecule has 0 fully saturated rings. The van der Waals surface area contributed by atoms with Crippen molar-refractivity contribution in [3.8, 4) is 0 Å². The molecule has 0 aromatic heterocycles. The van der Waals surface area contributed by atoms with E-state index in [-0.39, 0.29) is 12.5 Å². The maximum Gasteiger partial charge on any atom is 0.338 e. The molecule has 0 bridgehead atoms. The van der Waals surface area contributed by atoms with E-state index in [0.29, 0.717) is 30.8 Å². The molecule has 0 radical (unpaired) electrons. The number of ether oxygens (including phenoxy) is 1. The fourth-order valence-corrected chi connectivity index (χ4v) is 3.85. The highest BCUT2D eigenvalue weighted by atomic mass is 32.2. The predicted molar refractivity (Wildman–Crippen MR) is 99.8 cm³/mol. The van der Waals surface area contributed by atoms with Gasteiger partial charge in [-0.1, -0.05) is 26.2 Å². The molecule has 1 N–H and O–H groups in total. The number of nitrogens with one attached hydrogen (secondary N) is 1. The first-order chi connectivity index (χ1) is 12.3. The summed E-state index contributed by atoms with van der Waals surface area (Å²) >= 11 is 0. The van der Waals surface area contributed by atoms with Crippen LogP contribution in [0.2, 0.25) is 0 Å². The largest absolute Gasteiger partial charge is 0.452 e. The zero-order valence-electron chi connectivity index (χ0n) is 15.3. The number of sulfonamides is 1. The Morgan fingerprint density at radius 1 is 1.23 bits per heavy atom. The fraction of sp³-hybridized carbons (Fsp3) is 0.556. The molecule has 1 aliphatic heterocycles. The molecule has 0 saturated carbocycles. The van der Waals surface area contributed by atoms with E-state index in [0.717, 1.165) is 37.5 Å². The first kappa shape index (κ1) is 20.2. The van der Waals surface area contributed by atoms with Gasteiger partial charge in [-0.25, -0.2) is 13.2 Å². The fourth-order valence-electron chi connectivity index (χ4n) is 2.89. The van der Waals surface area contributed by atoms with Gasteiger partial charge in [0.05, 0.1) is 17.5 Å². The molecule has 0 saturated heterocycles. The predicted octanol–water partition coefficient (Wildman–Crippen LogP) is 1.86. The van der Waals surface area contributed by atoms with E-state index in [4.69, 9.17) is 4.74 Å². The number of amides is 1. The Hall–Kier alpha value is -2.09. The Morgan fingerprint density at radius 2 is 2.00 bits per heavy atom. The zero-order valence-corrected chi connectivity index (χ0v) is 16.1. The molecule has 8 heteroatoms. The average Bonchev–Trinajstić information content (AvgIpc) is 3.03. The van der Waals surface area contributed by atoms with Crippen molar-refractivity contribution in [1.82, 2.24) is 5.32 Å². The summed E-state index contributed by atoms with van der Waals surface area (Å²) in [5, 5.41) is 2.72. The molecule has 1 amide bonds. The molecule has 2 rings (SSSR count). The third-order valence-electron chi connectivity index (χ3n) is 4.26. The van der Waals surface area contributed by atoms with E-state index in [1.165, 1.54) is 10.4 Å². The first-order valence-corrected chi connectivity index (χ1v) is 10.7. The maximum absolute atomic E-state index is 12.1. The summed E-state index contributed by atoms with van der Waals surface area (Å²) in [5.41, 5.74) is 1.69. The minimum absolute atomic E-state index is 0.315. The Balaban J connectivity index is 1.84. The second-order valence-electron chi connectivity index (χ2n) is 6.42. The SMILES string of the molecule is CCCCCCNC(=O)COC(=O)c1ccc2c(c1)CCN2S(C)(=O)=O. The Labute approximate surface area is 154 Å². The average molecular weight is 382 g/mol. The minimum atomic E-state index is -3.32. The van der Waals surface area contributed by atoms with Crippen LogP contribution in [0.15, 0.2) is 18.2 Å². The van der Waals surface area contributed by atoms with E-state index in [1.807, 2.05) is 0 Å². The van der Waals surface area contributed by atoms with Crippen molar-refractivity contribution < 1.29 is 22.7 Å². The molecule has 26 heavy (non-hydrogen) atoms. The minimum Gasteiger partial charge on any atom is -0.452 e. The lowest BCUT2D eigenvalue weighted by Gasteiger charge is -2.16. The first-order valence-electron chi connectivity index (χ1n) is 8.87. The quantitative estimate of drug-likeness (QED) is 0.520. The van der Waals surface area contributed by atoms with Crippen LogP contribution in [0.4, 0.5) is 5.69 Å². The molecule has 0 aliphatic carbocycles. The van der Waals surface area contributed by atoms with Crippen LogP contribution in [0.1, 0.15) is 48.5 Å². The number of hydrogen-bond donors (Lipinski definition) is 1. The molecular formula is C18H26N2O5S. The third-order valence-corrected chi connectivity index (χ3v) is 5.44. The summed E-state index contributed by atoms with van der Waals surface area (Å²) in [7, 11) is -3.32. The van der Waals surface area contributed by atoms with Gasteiger partial charge in [0.2, 0.25) is 10.0 Å². The summed E-state index contributed by atoms with van der Waals surface area (Å²) in [6.07, 6.45) is 5.95. The number of fused-ring (bicyclic) bond motifs is 1. The van der Waals surface area contributed by atoms with Gasteiger partial charge in [-0.05, 0) is 36.6 Å². The molecule has 0 spiro atoms. The number of rotatable bonds is 9. The molecule has 0 atom stereocenters. The molecule has 1 heterocycles. The van der Waals surface area contributed by atoms with E-state index >= 15 is 0 Å². The number of carbonyl (C=O) groups is 2. The molecule has 1 aromatic rings. The summed E-state index contributed by atoms with van der Waals surface area (Å²) in [6, 6.07) is 4.76. The number of benzene rings is 1. The molecular weight excluding hydrogens is 356 g/mol. The van der Waals surface area contributed by atoms with Gasteiger partial charge in [0.25, 0.3) is 5.91 Å². The van der Waals surface area contributed by atoms with Crippen molar-refractivity contribution in [2.45, 2.75) is 39.0 Å². The Morgan fingerprint density at radius 3 is 2.69 bits per heavy atom. The van der Waals surface area contributed by atoms with E-state index < -0.39 is 16.0 Å². The summed E-state index contributed by atoms with van der Waals surface area (Å²) in [6.45, 7) is 2.75. The number of hydrogen-bond acceptors (Lipinski definition) is 5. The van der Waals surface area contributed by atoms with Crippen molar-refractivity contribution in [2.75, 3.05) is 30.3 Å². The van der Waals surface area contributed by atoms with Crippen molar-refractivity contribution >= 4 is 27.6 Å². The van der Waals surface area contributed by atoms with Gasteiger partial charge in [0.15, 0.2) is 6.61 Å². The van der Waals surface area contributed by atoms with Crippen LogP contribution >= 0.6 is 0 Å². The molecule has 1 aliphatic rings. The topological polar surface area (TPSA) is 92.8 Å². The van der Waals surface area contributed by atoms with Crippen LogP contribution in [-0.4, -0.2) is 46.2 Å². The van der Waals surface area contributed by atoms with Gasteiger partial charge in [0, 0.05) is 13.1 Å². The summed E-state index contributed by atoms with van der Waals surface area (Å²) < 4.78 is 29.8. The van der Waals surface area contributed by atoms with Gasteiger partial charge >= 0.3 is 5.97 Å². The molecule has 0 unspecified atom stereocenters. The van der Waals surface area contributed by atoms with Crippen LogP contribution in [0.25, 0.3) is 0 Å². The van der Waals surface area contributed by atoms with Crippen LogP contribution in [0.3, 0.4) is 0 Å². The lowest BCUT2D eigenvalue weighted by Crippen LogP contribution is -2.29. The van der Waals surface area contributed by atoms with E-state index in [9.17, 15) is 18.0 Å². The van der Waals surface area contributed by atoms with Crippen molar-refractivity contribution in [2.24, 2.45) is 0 Å². The van der Waals surface area contributed by atoms with Crippen LogP contribution in [-0.2, 0) is 26.0 Å². The van der Waals surface area contributed by atoms with Gasteiger partial charge < -0.3 is 10.1 Å². The number of esters is 1. The Kier molecular flexibility index (Phi) is 7.02. The van der Waals surface area contributed by atoms with Crippen LogP contribution in [0.5, 0.6) is 0 Å².